The molecule has 1 N–H and O–H groups in total. The largest absolute Gasteiger partial charge is 0.497 e. The summed E-state index contributed by atoms with van der Waals surface area (Å²) in [6.45, 7) is 6.58. The van der Waals surface area contributed by atoms with Gasteiger partial charge in [-0.3, -0.25) is 9.69 Å². The highest BCUT2D eigenvalue weighted by Gasteiger charge is 2.23. The summed E-state index contributed by atoms with van der Waals surface area (Å²) in [5.74, 6) is 1.72. The third-order valence-corrected chi connectivity index (χ3v) is 5.61. The van der Waals surface area contributed by atoms with Gasteiger partial charge in [0.05, 0.1) is 18.8 Å². The maximum atomic E-state index is 12.5. The van der Waals surface area contributed by atoms with E-state index in [2.05, 4.69) is 27.5 Å². The van der Waals surface area contributed by atoms with Gasteiger partial charge in [0.25, 0.3) is 0 Å². The monoisotopic (exact) mass is 385 g/mol. The van der Waals surface area contributed by atoms with Gasteiger partial charge in [-0.25, -0.2) is 0 Å². The van der Waals surface area contributed by atoms with Crippen LogP contribution in [-0.2, 0) is 11.2 Å². The fourth-order valence-corrected chi connectivity index (χ4v) is 3.91. The molecule has 6 nitrogen and oxygen atoms in total. The molecule has 1 unspecified atom stereocenters. The van der Waals surface area contributed by atoms with E-state index in [0.29, 0.717) is 19.4 Å². The van der Waals surface area contributed by atoms with Crippen molar-refractivity contribution in [3.8, 4) is 5.75 Å². The van der Waals surface area contributed by atoms with Crippen molar-refractivity contribution < 1.29 is 14.1 Å². The molecule has 0 saturated carbocycles. The highest BCUT2D eigenvalue weighted by atomic mass is 16.5. The number of hydrogen-bond donors (Lipinski definition) is 1. The van der Waals surface area contributed by atoms with Crippen molar-refractivity contribution >= 4 is 5.91 Å². The first kappa shape index (κ1) is 20.4. The van der Waals surface area contributed by atoms with Crippen molar-refractivity contribution in [1.29, 1.82) is 0 Å². The van der Waals surface area contributed by atoms with Gasteiger partial charge >= 0.3 is 0 Å². The summed E-state index contributed by atoms with van der Waals surface area (Å²) in [6.07, 6.45) is 4.82. The van der Waals surface area contributed by atoms with Crippen LogP contribution in [0, 0.1) is 13.8 Å². The Morgan fingerprint density at radius 3 is 2.54 bits per heavy atom. The van der Waals surface area contributed by atoms with Gasteiger partial charge in [-0.1, -0.05) is 23.7 Å². The van der Waals surface area contributed by atoms with E-state index in [1.54, 1.807) is 7.11 Å². The second-order valence-electron chi connectivity index (χ2n) is 7.49. The number of carbonyl (C=O) groups excluding carboxylic acids is 1. The zero-order valence-corrected chi connectivity index (χ0v) is 17.2. The number of rotatable bonds is 8. The lowest BCUT2D eigenvalue weighted by molar-refractivity contribution is -0.121. The van der Waals surface area contributed by atoms with Crippen LogP contribution in [0.25, 0.3) is 0 Å². The highest BCUT2D eigenvalue weighted by Crippen LogP contribution is 2.26. The Morgan fingerprint density at radius 1 is 1.21 bits per heavy atom. The number of nitrogens with zero attached hydrogens (tertiary/aromatic N) is 2. The minimum Gasteiger partial charge on any atom is -0.497 e. The molecule has 1 saturated heterocycles. The highest BCUT2D eigenvalue weighted by molar-refractivity contribution is 5.76. The summed E-state index contributed by atoms with van der Waals surface area (Å²) in [7, 11) is 1.68. The fraction of sp³-hybridized carbons (Fsp3) is 0.545. The second kappa shape index (κ2) is 9.73. The SMILES string of the molecule is COc1ccc(C(CNC(=O)CCc2c(C)noc2C)N2CCCCC2)cc1. The predicted molar refractivity (Wildman–Crippen MR) is 108 cm³/mol. The van der Waals surface area contributed by atoms with Crippen molar-refractivity contribution in [2.75, 3.05) is 26.7 Å². The summed E-state index contributed by atoms with van der Waals surface area (Å²) in [5.41, 5.74) is 3.13. The first-order valence-corrected chi connectivity index (χ1v) is 10.1. The zero-order valence-electron chi connectivity index (χ0n) is 17.2. The molecule has 1 amide bonds. The molecule has 2 heterocycles. The van der Waals surface area contributed by atoms with Gasteiger partial charge in [-0.15, -0.1) is 0 Å². The Balaban J connectivity index is 1.61. The number of hydrogen-bond acceptors (Lipinski definition) is 5. The number of piperidine rings is 1. The van der Waals surface area contributed by atoms with E-state index in [-0.39, 0.29) is 11.9 Å². The van der Waals surface area contributed by atoms with Crippen LogP contribution in [0.2, 0.25) is 0 Å². The van der Waals surface area contributed by atoms with Gasteiger partial charge in [0, 0.05) is 18.5 Å². The number of ether oxygens (including phenoxy) is 1. The molecular weight excluding hydrogens is 354 g/mol. The molecule has 0 bridgehead atoms. The number of likely N-dealkylation sites (tertiary alicyclic amines) is 1. The molecule has 1 aliphatic heterocycles. The first-order valence-electron chi connectivity index (χ1n) is 10.1. The van der Waals surface area contributed by atoms with Crippen LogP contribution in [0.4, 0.5) is 0 Å². The zero-order chi connectivity index (χ0) is 19.9. The van der Waals surface area contributed by atoms with Crippen LogP contribution < -0.4 is 10.1 Å². The van der Waals surface area contributed by atoms with Gasteiger partial charge in [-0.05, 0) is 63.9 Å². The number of carbonyl (C=O) groups is 1. The smallest absolute Gasteiger partial charge is 0.220 e. The van der Waals surface area contributed by atoms with Crippen molar-refractivity contribution in [3.63, 3.8) is 0 Å². The van der Waals surface area contributed by atoms with Gasteiger partial charge in [0.15, 0.2) is 0 Å². The summed E-state index contributed by atoms with van der Waals surface area (Å²) < 4.78 is 10.5. The Labute approximate surface area is 167 Å². The Bertz CT molecular complexity index is 744. The normalized spacial score (nSPS) is 16.0. The number of methoxy groups -OCH3 is 1. The van der Waals surface area contributed by atoms with Crippen LogP contribution in [0.1, 0.15) is 54.3 Å². The quantitative estimate of drug-likeness (QED) is 0.752. The van der Waals surface area contributed by atoms with Gasteiger partial charge in [0.2, 0.25) is 5.91 Å². The molecular formula is C22H31N3O3. The summed E-state index contributed by atoms with van der Waals surface area (Å²) in [4.78, 5) is 15.0. The molecule has 3 rings (SSSR count). The number of aromatic nitrogens is 1. The third-order valence-electron chi connectivity index (χ3n) is 5.61. The number of amides is 1. The lowest BCUT2D eigenvalue weighted by atomic mass is 10.0. The Hall–Kier alpha value is -2.34. The topological polar surface area (TPSA) is 67.6 Å². The van der Waals surface area contributed by atoms with Crippen LogP contribution in [0.3, 0.4) is 0 Å². The van der Waals surface area contributed by atoms with E-state index in [4.69, 9.17) is 9.26 Å². The van der Waals surface area contributed by atoms with Crippen LogP contribution in [-0.4, -0.2) is 42.7 Å². The molecule has 0 aliphatic carbocycles. The van der Waals surface area contributed by atoms with E-state index in [0.717, 1.165) is 35.9 Å². The number of aryl methyl sites for hydroxylation is 2. The molecule has 1 atom stereocenters. The minimum atomic E-state index is 0.0653. The Morgan fingerprint density at radius 2 is 1.93 bits per heavy atom. The average Bonchev–Trinajstić information content (AvgIpc) is 3.05. The number of nitrogens with one attached hydrogen (secondary N) is 1. The van der Waals surface area contributed by atoms with Crippen molar-refractivity contribution in [2.24, 2.45) is 0 Å². The van der Waals surface area contributed by atoms with E-state index in [1.165, 1.54) is 24.8 Å². The van der Waals surface area contributed by atoms with Crippen molar-refractivity contribution in [3.05, 3.63) is 46.8 Å². The average molecular weight is 386 g/mol. The molecule has 152 valence electrons. The molecule has 0 spiro atoms. The molecule has 28 heavy (non-hydrogen) atoms. The van der Waals surface area contributed by atoms with Crippen molar-refractivity contribution in [1.82, 2.24) is 15.4 Å². The predicted octanol–water partition coefficient (Wildman–Crippen LogP) is 3.58. The standard InChI is InChI=1S/C22H31N3O3/c1-16-20(17(2)28-24-16)11-12-22(26)23-15-21(25-13-5-4-6-14-25)18-7-9-19(27-3)10-8-18/h7-10,21H,4-6,11-15H2,1-3H3,(H,23,26). The summed E-state index contributed by atoms with van der Waals surface area (Å²) in [6, 6.07) is 8.38. The lowest BCUT2D eigenvalue weighted by Gasteiger charge is -2.35. The first-order chi connectivity index (χ1) is 13.6. The van der Waals surface area contributed by atoms with E-state index >= 15 is 0 Å². The van der Waals surface area contributed by atoms with Gasteiger partial charge in [0.1, 0.15) is 11.5 Å². The molecule has 6 heteroatoms. The van der Waals surface area contributed by atoms with Crippen LogP contribution in [0.15, 0.2) is 28.8 Å². The molecule has 1 fully saturated rings. The summed E-state index contributed by atoms with van der Waals surface area (Å²) >= 11 is 0. The lowest BCUT2D eigenvalue weighted by Crippen LogP contribution is -2.40. The van der Waals surface area contributed by atoms with Crippen molar-refractivity contribution in [2.45, 2.75) is 52.0 Å². The maximum absolute atomic E-state index is 12.5. The molecule has 0 radical (unpaired) electrons. The van der Waals surface area contributed by atoms with Gasteiger partial charge < -0.3 is 14.6 Å². The van der Waals surface area contributed by atoms with Crippen LogP contribution >= 0.6 is 0 Å². The summed E-state index contributed by atoms with van der Waals surface area (Å²) in [5, 5.41) is 7.11. The molecule has 1 aromatic heterocycles. The van der Waals surface area contributed by atoms with Crippen LogP contribution in [0.5, 0.6) is 5.75 Å². The fourth-order valence-electron chi connectivity index (χ4n) is 3.91. The van der Waals surface area contributed by atoms with E-state index in [1.807, 2.05) is 26.0 Å². The molecule has 1 aromatic carbocycles. The van der Waals surface area contributed by atoms with E-state index in [9.17, 15) is 4.79 Å². The number of benzene rings is 1. The third kappa shape index (κ3) is 5.13. The van der Waals surface area contributed by atoms with E-state index < -0.39 is 0 Å². The van der Waals surface area contributed by atoms with Gasteiger partial charge in [-0.2, -0.15) is 0 Å². The molecule has 1 aliphatic rings. The molecule has 2 aromatic rings. The second-order valence-corrected chi connectivity index (χ2v) is 7.49. The minimum absolute atomic E-state index is 0.0653. The maximum Gasteiger partial charge on any atom is 0.220 e. The Kier molecular flexibility index (Phi) is 7.09.